The molecule has 142 valence electrons. The largest absolute Gasteiger partial charge is 0.462 e. The number of halogens is 2. The summed E-state index contributed by atoms with van der Waals surface area (Å²) in [6.07, 6.45) is 0. The zero-order valence-corrected chi connectivity index (χ0v) is 16.8. The molecule has 8 heteroatoms. The molecular formula is C19H17FINO5. The Morgan fingerprint density at radius 1 is 0.963 bits per heavy atom. The van der Waals surface area contributed by atoms with Gasteiger partial charge in [-0.3, -0.25) is 4.79 Å². The lowest BCUT2D eigenvalue weighted by atomic mass is 10.1. The predicted molar refractivity (Wildman–Crippen MR) is 105 cm³/mol. The summed E-state index contributed by atoms with van der Waals surface area (Å²) < 4.78 is 23.6. The monoisotopic (exact) mass is 485 g/mol. The second-order valence-corrected chi connectivity index (χ2v) is 6.48. The highest BCUT2D eigenvalue weighted by Crippen LogP contribution is 2.20. The van der Waals surface area contributed by atoms with Crippen molar-refractivity contribution in [3.8, 4) is 0 Å². The lowest BCUT2D eigenvalue weighted by Crippen LogP contribution is -2.16. The van der Waals surface area contributed by atoms with Crippen LogP contribution in [0.5, 0.6) is 0 Å². The molecule has 0 spiro atoms. The van der Waals surface area contributed by atoms with Gasteiger partial charge in [-0.05, 0) is 72.8 Å². The second-order valence-electron chi connectivity index (χ2n) is 5.32. The molecule has 6 nitrogen and oxygen atoms in total. The molecule has 0 saturated heterocycles. The van der Waals surface area contributed by atoms with Gasteiger partial charge in [0.25, 0.3) is 5.91 Å². The van der Waals surface area contributed by atoms with Crippen LogP contribution in [0.15, 0.2) is 36.4 Å². The van der Waals surface area contributed by atoms with Crippen molar-refractivity contribution in [2.75, 3.05) is 18.5 Å². The van der Waals surface area contributed by atoms with Crippen LogP contribution in [0.1, 0.15) is 44.9 Å². The number of hydrogen-bond acceptors (Lipinski definition) is 5. The van der Waals surface area contributed by atoms with Crippen molar-refractivity contribution in [2.24, 2.45) is 0 Å². The number of carbonyl (C=O) groups is 3. The zero-order valence-electron chi connectivity index (χ0n) is 14.7. The van der Waals surface area contributed by atoms with Gasteiger partial charge in [-0.2, -0.15) is 0 Å². The molecular weight excluding hydrogens is 468 g/mol. The molecule has 0 aliphatic heterocycles. The topological polar surface area (TPSA) is 81.7 Å². The van der Waals surface area contributed by atoms with Gasteiger partial charge in [0.05, 0.1) is 29.9 Å². The van der Waals surface area contributed by atoms with Crippen LogP contribution in [0.2, 0.25) is 0 Å². The molecule has 0 bridgehead atoms. The molecule has 27 heavy (non-hydrogen) atoms. The molecule has 0 aliphatic rings. The normalized spacial score (nSPS) is 10.2. The molecule has 0 heterocycles. The minimum Gasteiger partial charge on any atom is -0.462 e. The summed E-state index contributed by atoms with van der Waals surface area (Å²) in [5.74, 6) is -2.22. The summed E-state index contributed by atoms with van der Waals surface area (Å²) in [4.78, 5) is 36.6. The van der Waals surface area contributed by atoms with Gasteiger partial charge in [0.2, 0.25) is 0 Å². The number of ether oxygens (including phenoxy) is 2. The highest BCUT2D eigenvalue weighted by Gasteiger charge is 2.17. The third-order valence-electron chi connectivity index (χ3n) is 3.39. The van der Waals surface area contributed by atoms with Gasteiger partial charge in [-0.1, -0.05) is 0 Å². The van der Waals surface area contributed by atoms with E-state index in [-0.39, 0.29) is 35.6 Å². The van der Waals surface area contributed by atoms with E-state index < -0.39 is 23.7 Å². The van der Waals surface area contributed by atoms with E-state index in [4.69, 9.17) is 9.47 Å². The minimum atomic E-state index is -0.629. The third kappa shape index (κ3) is 5.49. The molecule has 2 aromatic rings. The molecule has 0 unspecified atom stereocenters. The summed E-state index contributed by atoms with van der Waals surface area (Å²) in [5.41, 5.74) is 0.683. The fourth-order valence-electron chi connectivity index (χ4n) is 2.24. The number of esters is 2. The average Bonchev–Trinajstić information content (AvgIpc) is 2.61. The molecule has 0 saturated carbocycles. The number of carbonyl (C=O) groups excluding carboxylic acids is 3. The Balaban J connectivity index is 2.37. The van der Waals surface area contributed by atoms with Crippen LogP contribution in [0.25, 0.3) is 0 Å². The first-order chi connectivity index (χ1) is 12.8. The SMILES string of the molecule is CCOC(=O)c1cc(NC(=O)c2ccc(F)cc2I)cc(C(=O)OCC)c1. The van der Waals surface area contributed by atoms with E-state index in [0.717, 1.165) is 0 Å². The van der Waals surface area contributed by atoms with Crippen LogP contribution >= 0.6 is 22.6 Å². The van der Waals surface area contributed by atoms with Crippen LogP contribution < -0.4 is 5.32 Å². The average molecular weight is 485 g/mol. The molecule has 0 radical (unpaired) electrons. The fourth-order valence-corrected chi connectivity index (χ4v) is 2.96. The first kappa shape index (κ1) is 20.8. The Kier molecular flexibility index (Phi) is 7.28. The van der Waals surface area contributed by atoms with Crippen molar-refractivity contribution in [2.45, 2.75) is 13.8 Å². The van der Waals surface area contributed by atoms with E-state index in [1.165, 1.54) is 36.4 Å². The standard InChI is InChI=1S/C19H17FINO5/c1-3-26-18(24)11-7-12(19(25)27-4-2)9-14(8-11)22-17(23)15-6-5-13(20)10-16(15)21/h5-10H,3-4H2,1-2H3,(H,22,23). The van der Waals surface area contributed by atoms with Gasteiger partial charge in [-0.25, -0.2) is 14.0 Å². The Morgan fingerprint density at radius 2 is 1.52 bits per heavy atom. The van der Waals surface area contributed by atoms with E-state index in [9.17, 15) is 18.8 Å². The van der Waals surface area contributed by atoms with Crippen molar-refractivity contribution in [3.05, 3.63) is 62.5 Å². The number of hydrogen-bond donors (Lipinski definition) is 1. The number of rotatable bonds is 6. The molecule has 0 fully saturated rings. The molecule has 1 amide bonds. The summed E-state index contributed by atoms with van der Waals surface area (Å²) in [6.45, 7) is 3.65. The van der Waals surface area contributed by atoms with Crippen LogP contribution in [-0.2, 0) is 9.47 Å². The van der Waals surface area contributed by atoms with E-state index in [1.54, 1.807) is 13.8 Å². The Hall–Kier alpha value is -2.49. The summed E-state index contributed by atoms with van der Waals surface area (Å²) in [5, 5.41) is 2.61. The first-order valence-electron chi connectivity index (χ1n) is 8.11. The van der Waals surface area contributed by atoms with Gasteiger partial charge in [-0.15, -0.1) is 0 Å². The van der Waals surface area contributed by atoms with Crippen molar-refractivity contribution in [3.63, 3.8) is 0 Å². The van der Waals surface area contributed by atoms with Crippen molar-refractivity contribution in [1.82, 2.24) is 0 Å². The Morgan fingerprint density at radius 3 is 2.00 bits per heavy atom. The molecule has 1 N–H and O–H groups in total. The summed E-state index contributed by atoms with van der Waals surface area (Å²) >= 11 is 1.85. The maximum absolute atomic E-state index is 13.2. The van der Waals surface area contributed by atoms with Gasteiger partial charge < -0.3 is 14.8 Å². The van der Waals surface area contributed by atoms with E-state index in [2.05, 4.69) is 5.32 Å². The summed E-state index contributed by atoms with van der Waals surface area (Å²) in [7, 11) is 0. The Labute approximate surface area is 169 Å². The quantitative estimate of drug-likeness (QED) is 0.494. The summed E-state index contributed by atoms with van der Waals surface area (Å²) in [6, 6.07) is 7.90. The highest BCUT2D eigenvalue weighted by molar-refractivity contribution is 14.1. The number of anilines is 1. The van der Waals surface area contributed by atoms with Crippen LogP contribution in [0.3, 0.4) is 0 Å². The smallest absolute Gasteiger partial charge is 0.338 e. The van der Waals surface area contributed by atoms with Crippen molar-refractivity contribution >= 4 is 46.1 Å². The van der Waals surface area contributed by atoms with Crippen molar-refractivity contribution < 1.29 is 28.2 Å². The molecule has 0 aliphatic carbocycles. The minimum absolute atomic E-state index is 0.103. The molecule has 2 aromatic carbocycles. The highest BCUT2D eigenvalue weighted by atomic mass is 127. The predicted octanol–water partition coefficient (Wildman–Crippen LogP) is 4.04. The zero-order chi connectivity index (χ0) is 20.0. The van der Waals surface area contributed by atoms with Crippen LogP contribution in [-0.4, -0.2) is 31.1 Å². The molecule has 0 aromatic heterocycles. The maximum Gasteiger partial charge on any atom is 0.338 e. The van der Waals surface area contributed by atoms with Crippen LogP contribution in [0.4, 0.5) is 10.1 Å². The van der Waals surface area contributed by atoms with E-state index >= 15 is 0 Å². The first-order valence-corrected chi connectivity index (χ1v) is 9.19. The van der Waals surface area contributed by atoms with Crippen LogP contribution in [0, 0.1) is 9.39 Å². The lowest BCUT2D eigenvalue weighted by molar-refractivity contribution is 0.0525. The van der Waals surface area contributed by atoms with E-state index in [1.807, 2.05) is 22.6 Å². The third-order valence-corrected chi connectivity index (χ3v) is 4.28. The maximum atomic E-state index is 13.2. The molecule has 0 atom stereocenters. The number of nitrogens with one attached hydrogen (secondary N) is 1. The fraction of sp³-hybridized carbons (Fsp3) is 0.211. The number of benzene rings is 2. The lowest BCUT2D eigenvalue weighted by Gasteiger charge is -2.11. The van der Waals surface area contributed by atoms with Crippen molar-refractivity contribution in [1.29, 1.82) is 0 Å². The Bertz CT molecular complexity index is 848. The van der Waals surface area contributed by atoms with E-state index in [0.29, 0.717) is 3.57 Å². The van der Waals surface area contributed by atoms with Gasteiger partial charge in [0, 0.05) is 9.26 Å². The van der Waals surface area contributed by atoms with Gasteiger partial charge >= 0.3 is 11.9 Å². The van der Waals surface area contributed by atoms with Gasteiger partial charge in [0.1, 0.15) is 5.82 Å². The second kappa shape index (κ2) is 9.45. The van der Waals surface area contributed by atoms with Gasteiger partial charge in [0.15, 0.2) is 0 Å². The molecule has 2 rings (SSSR count). The number of amides is 1.